The summed E-state index contributed by atoms with van der Waals surface area (Å²) in [4.78, 5) is 12.9. The minimum Gasteiger partial charge on any atom is -0.388 e. The summed E-state index contributed by atoms with van der Waals surface area (Å²) >= 11 is 7.35. The summed E-state index contributed by atoms with van der Waals surface area (Å²) in [5.74, 6) is 0.00326. The van der Waals surface area contributed by atoms with Crippen molar-refractivity contribution < 1.29 is 9.90 Å². The maximum atomic E-state index is 11.8. The molecule has 0 bridgehead atoms. The second-order valence-electron chi connectivity index (χ2n) is 5.27. The van der Waals surface area contributed by atoms with E-state index in [9.17, 15) is 9.90 Å². The van der Waals surface area contributed by atoms with Gasteiger partial charge in [0.2, 0.25) is 5.91 Å². The first-order valence-corrected chi connectivity index (χ1v) is 8.00. The van der Waals surface area contributed by atoms with Crippen LogP contribution >= 0.6 is 22.9 Å². The van der Waals surface area contributed by atoms with Gasteiger partial charge in [-0.15, -0.1) is 11.3 Å². The van der Waals surface area contributed by atoms with Crippen molar-refractivity contribution in [3.8, 4) is 0 Å². The summed E-state index contributed by atoms with van der Waals surface area (Å²) in [5.41, 5.74) is -0.680. The third-order valence-corrected chi connectivity index (χ3v) is 4.92. The van der Waals surface area contributed by atoms with Crippen molar-refractivity contribution in [2.45, 2.75) is 50.5 Å². The number of carbonyl (C=O) groups is 1. The van der Waals surface area contributed by atoms with E-state index in [0.29, 0.717) is 19.4 Å². The molecule has 0 unspecified atom stereocenters. The van der Waals surface area contributed by atoms with E-state index >= 15 is 0 Å². The molecule has 1 heterocycles. The van der Waals surface area contributed by atoms with Crippen LogP contribution in [0.1, 0.15) is 43.4 Å². The lowest BCUT2D eigenvalue weighted by molar-refractivity contribution is -0.122. The standard InChI is InChI=1S/C14H20ClNO2S/c15-12-6-4-11(19-12)5-7-13(17)16-10-14(18)8-2-1-3-9-14/h4,6,18H,1-3,5,7-10H2,(H,16,17). The molecule has 0 saturated heterocycles. The van der Waals surface area contributed by atoms with Crippen molar-refractivity contribution >= 4 is 28.8 Å². The number of hydrogen-bond acceptors (Lipinski definition) is 3. The molecule has 2 N–H and O–H groups in total. The Labute approximate surface area is 123 Å². The Kier molecular flexibility index (Phi) is 5.25. The molecule has 1 aromatic rings. The van der Waals surface area contributed by atoms with Crippen LogP contribution in [0.15, 0.2) is 12.1 Å². The van der Waals surface area contributed by atoms with Crippen LogP contribution in [0, 0.1) is 0 Å². The predicted octanol–water partition coefficient (Wildman–Crippen LogP) is 3.15. The molecule has 0 spiro atoms. The van der Waals surface area contributed by atoms with E-state index in [2.05, 4.69) is 5.32 Å². The second-order valence-corrected chi connectivity index (χ2v) is 7.07. The molecule has 3 nitrogen and oxygen atoms in total. The number of rotatable bonds is 5. The number of aliphatic hydroxyl groups is 1. The average molecular weight is 302 g/mol. The number of aryl methyl sites for hydroxylation is 1. The minimum atomic E-state index is -0.680. The molecule has 0 radical (unpaired) electrons. The van der Waals surface area contributed by atoms with Crippen LogP contribution in [-0.2, 0) is 11.2 Å². The van der Waals surface area contributed by atoms with E-state index in [-0.39, 0.29) is 5.91 Å². The molecule has 2 rings (SSSR count). The zero-order valence-corrected chi connectivity index (χ0v) is 12.5. The summed E-state index contributed by atoms with van der Waals surface area (Å²) in [6.45, 7) is 0.386. The van der Waals surface area contributed by atoms with Gasteiger partial charge in [-0.3, -0.25) is 4.79 Å². The average Bonchev–Trinajstić information content (AvgIpc) is 2.81. The zero-order valence-electron chi connectivity index (χ0n) is 11.0. The van der Waals surface area contributed by atoms with Gasteiger partial charge in [-0.1, -0.05) is 30.9 Å². The third-order valence-electron chi connectivity index (χ3n) is 3.63. The molecule has 1 aliphatic carbocycles. The van der Waals surface area contributed by atoms with Crippen LogP contribution in [0.3, 0.4) is 0 Å². The van der Waals surface area contributed by atoms with Crippen molar-refractivity contribution in [2.24, 2.45) is 0 Å². The summed E-state index contributed by atoms with van der Waals surface area (Å²) in [6.07, 6.45) is 6.06. The molecule has 1 saturated carbocycles. The Morgan fingerprint density at radius 3 is 2.74 bits per heavy atom. The Hall–Kier alpha value is -0.580. The first-order chi connectivity index (χ1) is 9.07. The number of carbonyl (C=O) groups excluding carboxylic acids is 1. The molecule has 0 atom stereocenters. The lowest BCUT2D eigenvalue weighted by Crippen LogP contribution is -2.44. The molecule has 19 heavy (non-hydrogen) atoms. The molecule has 0 aromatic carbocycles. The molecule has 1 aromatic heterocycles. The van der Waals surface area contributed by atoms with Crippen molar-refractivity contribution in [1.82, 2.24) is 5.32 Å². The van der Waals surface area contributed by atoms with E-state index in [1.54, 1.807) is 0 Å². The van der Waals surface area contributed by atoms with E-state index in [1.807, 2.05) is 12.1 Å². The quantitative estimate of drug-likeness (QED) is 0.878. The fourth-order valence-electron chi connectivity index (χ4n) is 2.46. The monoisotopic (exact) mass is 301 g/mol. The van der Waals surface area contributed by atoms with E-state index in [1.165, 1.54) is 17.8 Å². The fourth-order valence-corrected chi connectivity index (χ4v) is 3.55. The van der Waals surface area contributed by atoms with E-state index < -0.39 is 5.60 Å². The summed E-state index contributed by atoms with van der Waals surface area (Å²) in [6, 6.07) is 3.80. The highest BCUT2D eigenvalue weighted by Gasteiger charge is 2.29. The molecule has 1 aliphatic rings. The van der Waals surface area contributed by atoms with Crippen LogP contribution in [0.25, 0.3) is 0 Å². The van der Waals surface area contributed by atoms with Gasteiger partial charge in [0.25, 0.3) is 0 Å². The van der Waals surface area contributed by atoms with Crippen LogP contribution in [0.2, 0.25) is 4.34 Å². The Morgan fingerprint density at radius 2 is 2.11 bits per heavy atom. The number of hydrogen-bond donors (Lipinski definition) is 2. The third kappa shape index (κ3) is 4.79. The molecule has 1 amide bonds. The van der Waals surface area contributed by atoms with Gasteiger partial charge in [0.15, 0.2) is 0 Å². The van der Waals surface area contributed by atoms with Crippen LogP contribution < -0.4 is 5.32 Å². The Balaban J connectivity index is 1.69. The summed E-state index contributed by atoms with van der Waals surface area (Å²) in [7, 11) is 0. The molecular formula is C14H20ClNO2S. The molecular weight excluding hydrogens is 282 g/mol. The fraction of sp³-hybridized carbons (Fsp3) is 0.643. The van der Waals surface area contributed by atoms with Crippen molar-refractivity contribution in [1.29, 1.82) is 0 Å². The topological polar surface area (TPSA) is 49.3 Å². The molecule has 1 fully saturated rings. The van der Waals surface area contributed by atoms with Crippen molar-refractivity contribution in [2.75, 3.05) is 6.54 Å². The SMILES string of the molecule is O=C(CCc1ccc(Cl)s1)NCC1(O)CCCCC1. The van der Waals surface area contributed by atoms with Gasteiger partial charge in [0.05, 0.1) is 9.94 Å². The van der Waals surface area contributed by atoms with Gasteiger partial charge >= 0.3 is 0 Å². The van der Waals surface area contributed by atoms with E-state index in [4.69, 9.17) is 11.6 Å². The maximum absolute atomic E-state index is 11.8. The van der Waals surface area contributed by atoms with Crippen LogP contribution in [-0.4, -0.2) is 23.2 Å². The number of amides is 1. The zero-order chi connectivity index (χ0) is 13.7. The molecule has 0 aliphatic heterocycles. The highest BCUT2D eigenvalue weighted by Crippen LogP contribution is 2.27. The lowest BCUT2D eigenvalue weighted by atomic mass is 9.85. The maximum Gasteiger partial charge on any atom is 0.220 e. The largest absolute Gasteiger partial charge is 0.388 e. The van der Waals surface area contributed by atoms with Gasteiger partial charge in [0.1, 0.15) is 0 Å². The van der Waals surface area contributed by atoms with Gasteiger partial charge < -0.3 is 10.4 Å². The Bertz CT molecular complexity index is 427. The number of thiophene rings is 1. The van der Waals surface area contributed by atoms with Crippen molar-refractivity contribution in [3.05, 3.63) is 21.3 Å². The minimum absolute atomic E-state index is 0.00326. The first kappa shape index (κ1) is 14.8. The highest BCUT2D eigenvalue weighted by atomic mass is 35.5. The van der Waals surface area contributed by atoms with E-state index in [0.717, 1.165) is 34.9 Å². The van der Waals surface area contributed by atoms with Gasteiger partial charge in [0, 0.05) is 17.8 Å². The normalized spacial score (nSPS) is 18.2. The van der Waals surface area contributed by atoms with Crippen LogP contribution in [0.5, 0.6) is 0 Å². The molecule has 106 valence electrons. The molecule has 5 heteroatoms. The smallest absolute Gasteiger partial charge is 0.220 e. The van der Waals surface area contributed by atoms with Gasteiger partial charge in [-0.25, -0.2) is 0 Å². The Morgan fingerprint density at radius 1 is 1.37 bits per heavy atom. The second kappa shape index (κ2) is 6.73. The number of nitrogens with one attached hydrogen (secondary N) is 1. The summed E-state index contributed by atoms with van der Waals surface area (Å²) in [5, 5.41) is 13.1. The van der Waals surface area contributed by atoms with Crippen LogP contribution in [0.4, 0.5) is 0 Å². The highest BCUT2D eigenvalue weighted by molar-refractivity contribution is 7.16. The van der Waals surface area contributed by atoms with Crippen molar-refractivity contribution in [3.63, 3.8) is 0 Å². The predicted molar refractivity (Wildman–Crippen MR) is 78.7 cm³/mol. The van der Waals surface area contributed by atoms with Gasteiger partial charge in [-0.2, -0.15) is 0 Å². The first-order valence-electron chi connectivity index (χ1n) is 6.81. The number of halogens is 1. The lowest BCUT2D eigenvalue weighted by Gasteiger charge is -2.32. The summed E-state index contributed by atoms with van der Waals surface area (Å²) < 4.78 is 0.756. The van der Waals surface area contributed by atoms with Gasteiger partial charge in [-0.05, 0) is 31.4 Å².